The van der Waals surface area contributed by atoms with Crippen molar-refractivity contribution < 1.29 is 19.7 Å². The van der Waals surface area contributed by atoms with Crippen LogP contribution < -0.4 is 4.74 Å². The number of carbonyl (C=O) groups is 1. The number of benzene rings is 1. The van der Waals surface area contributed by atoms with E-state index in [1.807, 2.05) is 6.92 Å². The average Bonchev–Trinajstić information content (AvgIpc) is 2.24. The van der Waals surface area contributed by atoms with Gasteiger partial charge in [0.1, 0.15) is 22.8 Å². The summed E-state index contributed by atoms with van der Waals surface area (Å²) in [6.45, 7) is 1.99. The SMILES string of the molecule is CCCCC(=O)c1c(O)cc(O)cc1OC. The number of phenols is 2. The van der Waals surface area contributed by atoms with E-state index in [9.17, 15) is 15.0 Å². The molecule has 0 spiro atoms. The molecule has 4 heteroatoms. The highest BCUT2D eigenvalue weighted by Gasteiger charge is 2.17. The monoisotopic (exact) mass is 224 g/mol. The molecule has 4 nitrogen and oxygen atoms in total. The zero-order valence-corrected chi connectivity index (χ0v) is 9.49. The molecule has 1 rings (SSSR count). The number of methoxy groups -OCH3 is 1. The molecule has 0 amide bonds. The molecule has 16 heavy (non-hydrogen) atoms. The summed E-state index contributed by atoms with van der Waals surface area (Å²) in [4.78, 5) is 11.8. The predicted octanol–water partition coefficient (Wildman–Crippen LogP) is 2.48. The fourth-order valence-corrected chi connectivity index (χ4v) is 1.49. The summed E-state index contributed by atoms with van der Waals surface area (Å²) in [6.07, 6.45) is 2.04. The summed E-state index contributed by atoms with van der Waals surface area (Å²) in [7, 11) is 1.39. The number of aromatic hydroxyl groups is 2. The van der Waals surface area contributed by atoms with E-state index in [0.717, 1.165) is 18.9 Å². The van der Waals surface area contributed by atoms with Gasteiger partial charge in [0.05, 0.1) is 7.11 Å². The van der Waals surface area contributed by atoms with Crippen molar-refractivity contribution in [2.24, 2.45) is 0 Å². The van der Waals surface area contributed by atoms with Gasteiger partial charge in [-0.3, -0.25) is 4.79 Å². The third-order valence-electron chi connectivity index (χ3n) is 2.32. The molecule has 0 saturated heterocycles. The van der Waals surface area contributed by atoms with Gasteiger partial charge in [-0.2, -0.15) is 0 Å². The second-order valence-corrected chi connectivity index (χ2v) is 3.57. The smallest absolute Gasteiger partial charge is 0.170 e. The van der Waals surface area contributed by atoms with Crippen molar-refractivity contribution in [2.45, 2.75) is 26.2 Å². The molecule has 0 radical (unpaired) electrons. The molecule has 1 aromatic carbocycles. The lowest BCUT2D eigenvalue weighted by Gasteiger charge is -2.09. The van der Waals surface area contributed by atoms with Gasteiger partial charge in [-0.15, -0.1) is 0 Å². The fraction of sp³-hybridized carbons (Fsp3) is 0.417. The Bertz CT molecular complexity index is 385. The number of carbonyl (C=O) groups excluding carboxylic acids is 1. The molecule has 0 aliphatic heterocycles. The summed E-state index contributed by atoms with van der Waals surface area (Å²) in [5.74, 6) is -0.325. The van der Waals surface area contributed by atoms with Crippen LogP contribution in [0.1, 0.15) is 36.5 Å². The van der Waals surface area contributed by atoms with Crippen LogP contribution in [0.3, 0.4) is 0 Å². The Kier molecular flexibility index (Phi) is 4.17. The highest BCUT2D eigenvalue weighted by atomic mass is 16.5. The number of unbranched alkanes of at least 4 members (excludes halogenated alkanes) is 1. The van der Waals surface area contributed by atoms with Crippen molar-refractivity contribution in [1.29, 1.82) is 0 Å². The Morgan fingerprint density at radius 1 is 1.38 bits per heavy atom. The first-order valence-corrected chi connectivity index (χ1v) is 5.23. The van der Waals surface area contributed by atoms with Crippen LogP contribution in [-0.2, 0) is 0 Å². The molecule has 0 aromatic heterocycles. The van der Waals surface area contributed by atoms with Crippen molar-refractivity contribution in [2.75, 3.05) is 7.11 Å². The van der Waals surface area contributed by atoms with Crippen molar-refractivity contribution in [3.63, 3.8) is 0 Å². The van der Waals surface area contributed by atoms with Crippen LogP contribution in [0.5, 0.6) is 17.2 Å². The van der Waals surface area contributed by atoms with Gasteiger partial charge in [0.2, 0.25) is 0 Å². The summed E-state index contributed by atoms with van der Waals surface area (Å²) < 4.78 is 4.97. The zero-order chi connectivity index (χ0) is 12.1. The van der Waals surface area contributed by atoms with Gasteiger partial charge in [-0.25, -0.2) is 0 Å². The summed E-state index contributed by atoms with van der Waals surface area (Å²) >= 11 is 0. The van der Waals surface area contributed by atoms with Gasteiger partial charge < -0.3 is 14.9 Å². The largest absolute Gasteiger partial charge is 0.508 e. The highest BCUT2D eigenvalue weighted by molar-refractivity contribution is 6.01. The molecule has 88 valence electrons. The molecule has 1 aromatic rings. The quantitative estimate of drug-likeness (QED) is 0.754. The Labute approximate surface area is 94.5 Å². The molecule has 0 fully saturated rings. The van der Waals surface area contributed by atoms with Crippen LogP contribution in [-0.4, -0.2) is 23.1 Å². The second kappa shape index (κ2) is 5.39. The topological polar surface area (TPSA) is 66.8 Å². The van der Waals surface area contributed by atoms with Crippen molar-refractivity contribution >= 4 is 5.78 Å². The molecule has 0 aliphatic carbocycles. The molecule has 0 aliphatic rings. The van der Waals surface area contributed by atoms with E-state index in [-0.39, 0.29) is 28.6 Å². The first-order valence-electron chi connectivity index (χ1n) is 5.23. The Morgan fingerprint density at radius 3 is 2.62 bits per heavy atom. The Hall–Kier alpha value is -1.71. The molecule has 0 heterocycles. The van der Waals surface area contributed by atoms with E-state index in [0.29, 0.717) is 6.42 Å². The van der Waals surface area contributed by atoms with E-state index < -0.39 is 0 Å². The van der Waals surface area contributed by atoms with E-state index in [1.54, 1.807) is 0 Å². The van der Waals surface area contributed by atoms with E-state index in [4.69, 9.17) is 4.74 Å². The zero-order valence-electron chi connectivity index (χ0n) is 9.49. The lowest BCUT2D eigenvalue weighted by Crippen LogP contribution is -2.02. The van der Waals surface area contributed by atoms with E-state index >= 15 is 0 Å². The van der Waals surface area contributed by atoms with Gasteiger partial charge in [0, 0.05) is 18.6 Å². The Balaban J connectivity index is 3.06. The minimum absolute atomic E-state index is 0.124. The lowest BCUT2D eigenvalue weighted by molar-refractivity contribution is 0.0974. The molecule has 0 bridgehead atoms. The number of ketones is 1. The molecule has 2 N–H and O–H groups in total. The van der Waals surface area contributed by atoms with Crippen LogP contribution in [0.2, 0.25) is 0 Å². The molecule has 0 atom stereocenters. The number of ether oxygens (including phenoxy) is 1. The summed E-state index contributed by atoms with van der Waals surface area (Å²) in [5.41, 5.74) is 0.147. The van der Waals surface area contributed by atoms with Gasteiger partial charge >= 0.3 is 0 Å². The van der Waals surface area contributed by atoms with E-state index in [1.165, 1.54) is 13.2 Å². The van der Waals surface area contributed by atoms with Gasteiger partial charge in [-0.05, 0) is 6.42 Å². The van der Waals surface area contributed by atoms with Crippen LogP contribution in [0, 0.1) is 0 Å². The van der Waals surface area contributed by atoms with Crippen molar-refractivity contribution in [1.82, 2.24) is 0 Å². The maximum absolute atomic E-state index is 11.8. The molecular weight excluding hydrogens is 208 g/mol. The van der Waals surface area contributed by atoms with Crippen LogP contribution in [0.25, 0.3) is 0 Å². The maximum atomic E-state index is 11.8. The number of rotatable bonds is 5. The average molecular weight is 224 g/mol. The van der Waals surface area contributed by atoms with Crippen LogP contribution >= 0.6 is 0 Å². The van der Waals surface area contributed by atoms with Crippen molar-refractivity contribution in [3.8, 4) is 17.2 Å². The third kappa shape index (κ3) is 2.66. The predicted molar refractivity (Wildman–Crippen MR) is 60.2 cm³/mol. The van der Waals surface area contributed by atoms with Crippen LogP contribution in [0.4, 0.5) is 0 Å². The van der Waals surface area contributed by atoms with Crippen LogP contribution in [0.15, 0.2) is 12.1 Å². The minimum atomic E-state index is -0.238. The first kappa shape index (κ1) is 12.4. The summed E-state index contributed by atoms with van der Waals surface area (Å²) in [5, 5.41) is 18.9. The Morgan fingerprint density at radius 2 is 2.06 bits per heavy atom. The summed E-state index contributed by atoms with van der Waals surface area (Å²) in [6, 6.07) is 2.46. The third-order valence-corrected chi connectivity index (χ3v) is 2.32. The van der Waals surface area contributed by atoms with Gasteiger partial charge in [0.15, 0.2) is 5.78 Å². The first-order chi connectivity index (χ1) is 7.60. The standard InChI is InChI=1S/C12H16O4/c1-3-4-5-9(14)12-10(15)6-8(13)7-11(12)16-2/h6-7,13,15H,3-5H2,1-2H3. The molecule has 0 unspecified atom stereocenters. The highest BCUT2D eigenvalue weighted by Crippen LogP contribution is 2.33. The minimum Gasteiger partial charge on any atom is -0.508 e. The van der Waals surface area contributed by atoms with Gasteiger partial charge in [-0.1, -0.05) is 13.3 Å². The molecule has 0 saturated carbocycles. The lowest BCUT2D eigenvalue weighted by atomic mass is 10.0. The maximum Gasteiger partial charge on any atom is 0.170 e. The normalized spacial score (nSPS) is 10.1. The van der Waals surface area contributed by atoms with Gasteiger partial charge in [0.25, 0.3) is 0 Å². The number of hydrogen-bond donors (Lipinski definition) is 2. The van der Waals surface area contributed by atoms with E-state index in [2.05, 4.69) is 0 Å². The number of Topliss-reactive ketones (excluding diaryl/α,β-unsaturated/α-hetero) is 1. The number of phenolic OH excluding ortho intramolecular Hbond substituents is 2. The fourth-order valence-electron chi connectivity index (χ4n) is 1.49. The van der Waals surface area contributed by atoms with Crippen molar-refractivity contribution in [3.05, 3.63) is 17.7 Å². The number of hydrogen-bond acceptors (Lipinski definition) is 4. The molecular formula is C12H16O4. The second-order valence-electron chi connectivity index (χ2n) is 3.57.